The molecule has 0 aromatic heterocycles. The van der Waals surface area contributed by atoms with Gasteiger partial charge in [-0.15, -0.1) is 0 Å². The van der Waals surface area contributed by atoms with Crippen LogP contribution < -0.4 is 0 Å². The first-order valence-electron chi connectivity index (χ1n) is 7.28. The fraction of sp³-hybridized carbons (Fsp3) is 0.857. The normalized spacial score (nSPS) is 23.3. The van der Waals surface area contributed by atoms with Gasteiger partial charge in [-0.1, -0.05) is 0 Å². The highest BCUT2D eigenvalue weighted by Crippen LogP contribution is 2.37. The third kappa shape index (κ3) is 4.34. The van der Waals surface area contributed by atoms with Gasteiger partial charge >= 0.3 is 12.1 Å². The number of rotatable bonds is 5. The van der Waals surface area contributed by atoms with Crippen molar-refractivity contribution < 1.29 is 27.9 Å². The van der Waals surface area contributed by atoms with E-state index in [1.807, 2.05) is 27.7 Å². The van der Waals surface area contributed by atoms with Crippen molar-refractivity contribution in [3.63, 3.8) is 0 Å². The largest absolute Gasteiger partial charge is 0.481 e. The van der Waals surface area contributed by atoms with Gasteiger partial charge in [0.15, 0.2) is 0 Å². The molecular formula is C14H23F3N2O3. The number of carbonyl (C=O) groups excluding carboxylic acids is 1. The van der Waals surface area contributed by atoms with Gasteiger partial charge in [-0.3, -0.25) is 14.5 Å². The van der Waals surface area contributed by atoms with Gasteiger partial charge in [-0.05, 0) is 27.7 Å². The first kappa shape index (κ1) is 18.7. The lowest BCUT2D eigenvalue weighted by atomic mass is 9.96. The average Bonchev–Trinajstić information content (AvgIpc) is 2.71. The second-order valence-corrected chi connectivity index (χ2v) is 6.28. The molecule has 5 nitrogen and oxygen atoms in total. The van der Waals surface area contributed by atoms with Gasteiger partial charge in [-0.25, -0.2) is 0 Å². The Morgan fingerprint density at radius 3 is 2.00 bits per heavy atom. The molecule has 2 atom stereocenters. The van der Waals surface area contributed by atoms with E-state index in [0.29, 0.717) is 0 Å². The predicted molar refractivity (Wildman–Crippen MR) is 74.2 cm³/mol. The van der Waals surface area contributed by atoms with Crippen molar-refractivity contribution in [2.45, 2.75) is 46.0 Å². The number of carboxylic acid groups (broad SMARTS) is 1. The van der Waals surface area contributed by atoms with Crippen molar-refractivity contribution in [2.75, 3.05) is 19.6 Å². The summed E-state index contributed by atoms with van der Waals surface area (Å²) in [6.45, 7) is 6.44. The fourth-order valence-corrected chi connectivity index (χ4v) is 3.04. The van der Waals surface area contributed by atoms with Gasteiger partial charge in [0.05, 0.1) is 18.4 Å². The Morgan fingerprint density at radius 1 is 1.18 bits per heavy atom. The summed E-state index contributed by atoms with van der Waals surface area (Å²) in [4.78, 5) is 26.2. The minimum Gasteiger partial charge on any atom is -0.481 e. The van der Waals surface area contributed by atoms with Crippen LogP contribution in [0.3, 0.4) is 0 Å². The third-order valence-electron chi connectivity index (χ3n) is 3.89. The van der Waals surface area contributed by atoms with E-state index in [4.69, 9.17) is 5.11 Å². The first-order chi connectivity index (χ1) is 9.95. The minimum absolute atomic E-state index is 0.0659. The van der Waals surface area contributed by atoms with E-state index in [1.165, 1.54) is 4.90 Å². The number of halogens is 3. The van der Waals surface area contributed by atoms with E-state index in [-0.39, 0.29) is 31.1 Å². The van der Waals surface area contributed by atoms with Gasteiger partial charge in [0.1, 0.15) is 0 Å². The van der Waals surface area contributed by atoms with Crippen molar-refractivity contribution in [3.05, 3.63) is 0 Å². The quantitative estimate of drug-likeness (QED) is 0.838. The van der Waals surface area contributed by atoms with Gasteiger partial charge in [0, 0.05) is 25.2 Å². The number of hydrogen-bond donors (Lipinski definition) is 1. The van der Waals surface area contributed by atoms with E-state index >= 15 is 0 Å². The van der Waals surface area contributed by atoms with Gasteiger partial charge in [0.2, 0.25) is 5.91 Å². The van der Waals surface area contributed by atoms with Crippen molar-refractivity contribution in [2.24, 2.45) is 11.8 Å². The molecule has 1 fully saturated rings. The molecule has 128 valence electrons. The zero-order valence-corrected chi connectivity index (χ0v) is 13.2. The number of nitrogens with zero attached hydrogens (tertiary/aromatic N) is 2. The molecule has 1 amide bonds. The predicted octanol–water partition coefficient (Wildman–Crippen LogP) is 1.83. The molecule has 0 aromatic carbocycles. The molecule has 1 rings (SSSR count). The van der Waals surface area contributed by atoms with Crippen molar-refractivity contribution in [3.8, 4) is 0 Å². The highest BCUT2D eigenvalue weighted by molar-refractivity contribution is 5.79. The van der Waals surface area contributed by atoms with Crippen molar-refractivity contribution >= 4 is 11.9 Å². The van der Waals surface area contributed by atoms with Crippen LogP contribution in [0.4, 0.5) is 13.2 Å². The monoisotopic (exact) mass is 324 g/mol. The van der Waals surface area contributed by atoms with Crippen LogP contribution in [0.25, 0.3) is 0 Å². The van der Waals surface area contributed by atoms with E-state index < -0.39 is 30.5 Å². The summed E-state index contributed by atoms with van der Waals surface area (Å²) in [6.07, 6.45) is -4.57. The molecule has 1 aliphatic rings. The topological polar surface area (TPSA) is 60.9 Å². The molecule has 1 heterocycles. The van der Waals surface area contributed by atoms with E-state index in [1.54, 1.807) is 4.90 Å². The number of carboxylic acids is 1. The molecule has 1 aliphatic heterocycles. The Labute approximate surface area is 128 Å². The van der Waals surface area contributed by atoms with Crippen LogP contribution in [-0.4, -0.2) is 64.7 Å². The number of likely N-dealkylation sites (tertiary alicyclic amines) is 1. The van der Waals surface area contributed by atoms with Crippen molar-refractivity contribution in [1.82, 2.24) is 9.80 Å². The molecule has 1 saturated heterocycles. The number of hydrogen-bond acceptors (Lipinski definition) is 3. The molecule has 0 radical (unpaired) electrons. The summed E-state index contributed by atoms with van der Waals surface area (Å²) in [5.74, 6) is -5.19. The van der Waals surface area contributed by atoms with E-state index in [0.717, 1.165) is 0 Å². The fourth-order valence-electron chi connectivity index (χ4n) is 3.04. The van der Waals surface area contributed by atoms with E-state index in [9.17, 15) is 22.8 Å². The maximum atomic E-state index is 12.9. The Bertz CT molecular complexity index is 416. The first-order valence-corrected chi connectivity index (χ1v) is 7.28. The number of amides is 1. The van der Waals surface area contributed by atoms with Gasteiger partial charge in [-0.2, -0.15) is 13.2 Å². The van der Waals surface area contributed by atoms with Crippen LogP contribution in [0.15, 0.2) is 0 Å². The SMILES string of the molecule is CC(C)N(C(=O)CN1C[C@@H](C(F)(F)F)[C@H](C(=O)O)C1)C(C)C. The summed E-state index contributed by atoms with van der Waals surface area (Å²) in [5, 5.41) is 8.96. The Morgan fingerprint density at radius 2 is 1.68 bits per heavy atom. The molecule has 0 saturated carbocycles. The molecule has 1 N–H and O–H groups in total. The van der Waals surface area contributed by atoms with Gasteiger partial charge in [0.25, 0.3) is 0 Å². The average molecular weight is 324 g/mol. The molecular weight excluding hydrogens is 301 g/mol. The van der Waals surface area contributed by atoms with Crippen LogP contribution in [0.1, 0.15) is 27.7 Å². The highest BCUT2D eigenvalue weighted by atomic mass is 19.4. The zero-order valence-electron chi connectivity index (χ0n) is 13.2. The molecule has 0 spiro atoms. The number of alkyl halides is 3. The lowest BCUT2D eigenvalue weighted by Gasteiger charge is -2.32. The molecule has 8 heteroatoms. The maximum Gasteiger partial charge on any atom is 0.393 e. The summed E-state index contributed by atoms with van der Waals surface area (Å²) in [6, 6.07) is -0.132. The Kier molecular flexibility index (Phi) is 5.83. The van der Waals surface area contributed by atoms with Crippen LogP contribution in [0, 0.1) is 11.8 Å². The second-order valence-electron chi connectivity index (χ2n) is 6.28. The zero-order chi connectivity index (χ0) is 17.2. The van der Waals surface area contributed by atoms with Crippen LogP contribution in [0.2, 0.25) is 0 Å². The summed E-state index contributed by atoms with van der Waals surface area (Å²) in [7, 11) is 0. The maximum absolute atomic E-state index is 12.9. The Balaban J connectivity index is 2.79. The lowest BCUT2D eigenvalue weighted by molar-refractivity contribution is -0.188. The third-order valence-corrected chi connectivity index (χ3v) is 3.89. The van der Waals surface area contributed by atoms with Crippen LogP contribution in [-0.2, 0) is 9.59 Å². The smallest absolute Gasteiger partial charge is 0.393 e. The number of carbonyl (C=O) groups is 2. The summed E-state index contributed by atoms with van der Waals surface area (Å²) >= 11 is 0. The van der Waals surface area contributed by atoms with Crippen LogP contribution >= 0.6 is 0 Å². The highest BCUT2D eigenvalue weighted by Gasteiger charge is 2.52. The molecule has 0 unspecified atom stereocenters. The standard InChI is InChI=1S/C14H23F3N2O3/c1-8(2)19(9(3)4)12(20)7-18-5-10(13(21)22)11(6-18)14(15,16)17/h8-11H,5-7H2,1-4H3,(H,21,22)/t10-,11-/m1/s1. The molecule has 0 bridgehead atoms. The van der Waals surface area contributed by atoms with Crippen LogP contribution in [0.5, 0.6) is 0 Å². The summed E-state index contributed by atoms with van der Waals surface area (Å²) in [5.41, 5.74) is 0. The second kappa shape index (κ2) is 6.85. The van der Waals surface area contributed by atoms with Gasteiger partial charge < -0.3 is 10.0 Å². The van der Waals surface area contributed by atoms with Crippen molar-refractivity contribution in [1.29, 1.82) is 0 Å². The van der Waals surface area contributed by atoms with E-state index in [2.05, 4.69) is 0 Å². The molecule has 22 heavy (non-hydrogen) atoms. The summed E-state index contributed by atoms with van der Waals surface area (Å²) < 4.78 is 38.7. The number of aliphatic carboxylic acids is 1. The Hall–Kier alpha value is -1.31. The lowest BCUT2D eigenvalue weighted by Crippen LogP contribution is -2.47. The minimum atomic E-state index is -4.57. The molecule has 0 aliphatic carbocycles. The molecule has 0 aromatic rings.